The van der Waals surface area contributed by atoms with E-state index in [-0.39, 0.29) is 26.8 Å². The van der Waals surface area contributed by atoms with Gasteiger partial charge in [-0.2, -0.15) is 5.10 Å². The quantitative estimate of drug-likeness (QED) is 0.189. The van der Waals surface area contributed by atoms with E-state index in [0.717, 1.165) is 38.9 Å². The molecule has 5 aromatic carbocycles. The summed E-state index contributed by atoms with van der Waals surface area (Å²) in [5.74, 6) is 0.194. The standard InChI is InChI=1S/C37H23N4O.Pt/c42-35-17-6-4-14-29(35)33-16-8-18-36(41-33)37(27-12-7-11-26(19-27)34-22-39-40-23-38-34)31-15-5-3-13-28(31)30-20-24-9-1-2-10-25(24)21-32(30)37;/h1-18,20-23,42H;/q-1;. The van der Waals surface area contributed by atoms with E-state index < -0.39 is 5.41 Å². The molecule has 1 N–H and O–H groups in total. The van der Waals surface area contributed by atoms with Crippen LogP contribution in [0.15, 0.2) is 134 Å². The number of phenolic OH excluding ortho intramolecular Hbond substituents is 1. The van der Waals surface area contributed by atoms with Crippen molar-refractivity contribution in [3.05, 3.63) is 162 Å². The SMILES string of the molecule is Oc1ccccc1-c1cccc(C2(c3[c-]c(-c4cnncn4)ccc3)c3ccccc3-c3cc4ccccc4cc32)n1.[Pt]. The first-order valence-corrected chi connectivity index (χ1v) is 13.8. The molecule has 1 aliphatic carbocycles. The van der Waals surface area contributed by atoms with Crippen LogP contribution in [0.1, 0.15) is 22.4 Å². The molecule has 0 amide bonds. The van der Waals surface area contributed by atoms with Crippen molar-refractivity contribution >= 4 is 10.8 Å². The third kappa shape index (κ3) is 4.19. The zero-order chi connectivity index (χ0) is 28.1. The van der Waals surface area contributed by atoms with Crippen molar-refractivity contribution in [3.8, 4) is 39.4 Å². The Labute approximate surface area is 263 Å². The van der Waals surface area contributed by atoms with Gasteiger partial charge in [-0.15, -0.1) is 40.5 Å². The van der Waals surface area contributed by atoms with Crippen LogP contribution < -0.4 is 0 Å². The second-order valence-corrected chi connectivity index (χ2v) is 10.4. The van der Waals surface area contributed by atoms with Crippen molar-refractivity contribution < 1.29 is 26.2 Å². The maximum absolute atomic E-state index is 10.7. The van der Waals surface area contributed by atoms with E-state index in [1.54, 1.807) is 12.3 Å². The van der Waals surface area contributed by atoms with Crippen molar-refractivity contribution in [1.29, 1.82) is 0 Å². The van der Waals surface area contributed by atoms with Crippen LogP contribution in [-0.4, -0.2) is 25.3 Å². The maximum atomic E-state index is 10.7. The topological polar surface area (TPSA) is 71.8 Å². The number of hydrogen-bond donors (Lipinski definition) is 1. The van der Waals surface area contributed by atoms with Crippen LogP contribution in [0.3, 0.4) is 0 Å². The Kier molecular flexibility index (Phi) is 6.68. The van der Waals surface area contributed by atoms with Crippen molar-refractivity contribution in [3.63, 3.8) is 0 Å². The Morgan fingerprint density at radius 2 is 1.35 bits per heavy atom. The van der Waals surface area contributed by atoms with Crippen LogP contribution in [0.5, 0.6) is 5.75 Å². The smallest absolute Gasteiger partial charge is 0.128 e. The van der Waals surface area contributed by atoms with E-state index in [1.165, 1.54) is 17.3 Å². The molecule has 1 unspecified atom stereocenters. The molecule has 0 aliphatic heterocycles. The number of rotatable bonds is 4. The molecule has 0 bridgehead atoms. The molecule has 43 heavy (non-hydrogen) atoms. The summed E-state index contributed by atoms with van der Waals surface area (Å²) in [6.45, 7) is 0. The molecule has 0 fully saturated rings. The van der Waals surface area contributed by atoms with Gasteiger partial charge in [-0.3, -0.25) is 9.97 Å². The third-order valence-corrected chi connectivity index (χ3v) is 8.19. The van der Waals surface area contributed by atoms with Gasteiger partial charge in [0, 0.05) is 38.5 Å². The number of pyridine rings is 1. The van der Waals surface area contributed by atoms with Crippen molar-refractivity contribution in [2.75, 3.05) is 0 Å². The number of nitrogens with zero attached hydrogens (tertiary/aromatic N) is 4. The molecule has 1 atom stereocenters. The predicted molar refractivity (Wildman–Crippen MR) is 164 cm³/mol. The summed E-state index contributed by atoms with van der Waals surface area (Å²) in [5.41, 5.74) is 8.51. The fraction of sp³-hybridized carbons (Fsp3) is 0.0270. The molecule has 0 radical (unpaired) electrons. The van der Waals surface area contributed by atoms with Crippen molar-refractivity contribution in [2.24, 2.45) is 0 Å². The second-order valence-electron chi connectivity index (χ2n) is 10.4. The number of para-hydroxylation sites is 1. The zero-order valence-corrected chi connectivity index (χ0v) is 25.0. The molecule has 0 saturated carbocycles. The van der Waals surface area contributed by atoms with Crippen LogP contribution >= 0.6 is 0 Å². The fourth-order valence-electron chi connectivity index (χ4n) is 6.37. The van der Waals surface area contributed by atoms with Gasteiger partial charge in [0.15, 0.2) is 0 Å². The Hall–Kier alpha value is -4.99. The van der Waals surface area contributed by atoms with Gasteiger partial charge in [0.2, 0.25) is 0 Å². The molecular weight excluding hydrogens is 712 g/mol. The number of aromatic nitrogens is 4. The zero-order valence-electron chi connectivity index (χ0n) is 22.8. The molecule has 1 aliphatic rings. The van der Waals surface area contributed by atoms with Crippen LogP contribution in [0.4, 0.5) is 0 Å². The molecule has 208 valence electrons. The van der Waals surface area contributed by atoms with Crippen molar-refractivity contribution in [2.45, 2.75) is 5.41 Å². The molecule has 0 spiro atoms. The summed E-state index contributed by atoms with van der Waals surface area (Å²) in [7, 11) is 0. The van der Waals surface area contributed by atoms with Gasteiger partial charge in [0.05, 0.1) is 16.8 Å². The van der Waals surface area contributed by atoms with E-state index in [1.807, 2.05) is 42.5 Å². The summed E-state index contributed by atoms with van der Waals surface area (Å²) < 4.78 is 0. The monoisotopic (exact) mass is 734 g/mol. The van der Waals surface area contributed by atoms with Gasteiger partial charge in [0.25, 0.3) is 0 Å². The largest absolute Gasteiger partial charge is 0.507 e. The number of hydrogen-bond acceptors (Lipinski definition) is 5. The average Bonchev–Trinajstić information content (AvgIpc) is 3.34. The second kappa shape index (κ2) is 10.7. The number of aromatic hydroxyl groups is 1. The number of fused-ring (bicyclic) bond motifs is 4. The molecular formula is C37H23N4OPt-. The molecule has 8 rings (SSSR count). The van der Waals surface area contributed by atoms with Gasteiger partial charge >= 0.3 is 0 Å². The summed E-state index contributed by atoms with van der Waals surface area (Å²) in [5, 5.41) is 21.0. The predicted octanol–water partition coefficient (Wildman–Crippen LogP) is 7.62. The Morgan fingerprint density at radius 1 is 0.605 bits per heavy atom. The Bertz CT molecular complexity index is 2130. The van der Waals surface area contributed by atoms with Gasteiger partial charge in [-0.1, -0.05) is 66.7 Å². The minimum Gasteiger partial charge on any atom is -0.507 e. The molecule has 6 heteroatoms. The minimum absolute atomic E-state index is 0. The summed E-state index contributed by atoms with van der Waals surface area (Å²) in [6, 6.07) is 44.9. The van der Waals surface area contributed by atoms with Crippen LogP contribution in [0, 0.1) is 6.07 Å². The molecule has 2 aromatic heterocycles. The van der Waals surface area contributed by atoms with Gasteiger partial charge in [0.1, 0.15) is 12.1 Å². The Balaban J connectivity index is 0.00000300. The average molecular weight is 735 g/mol. The van der Waals surface area contributed by atoms with E-state index in [2.05, 4.69) is 94.0 Å². The molecule has 5 nitrogen and oxygen atoms in total. The Morgan fingerprint density at radius 3 is 2.16 bits per heavy atom. The number of benzene rings is 5. The number of phenols is 1. The van der Waals surface area contributed by atoms with Crippen LogP contribution in [0.25, 0.3) is 44.4 Å². The normalized spacial score (nSPS) is 15.0. The molecule has 7 aromatic rings. The van der Waals surface area contributed by atoms with Crippen LogP contribution in [-0.2, 0) is 26.5 Å². The van der Waals surface area contributed by atoms with Crippen molar-refractivity contribution in [1.82, 2.24) is 20.2 Å². The van der Waals surface area contributed by atoms with E-state index >= 15 is 0 Å². The summed E-state index contributed by atoms with van der Waals surface area (Å²) >= 11 is 0. The molecule has 2 heterocycles. The van der Waals surface area contributed by atoms with Gasteiger partial charge < -0.3 is 5.11 Å². The van der Waals surface area contributed by atoms with E-state index in [0.29, 0.717) is 17.0 Å². The first-order valence-electron chi connectivity index (χ1n) is 13.8. The third-order valence-electron chi connectivity index (χ3n) is 8.19. The summed E-state index contributed by atoms with van der Waals surface area (Å²) in [4.78, 5) is 9.75. The first-order chi connectivity index (χ1) is 20.7. The molecule has 0 saturated heterocycles. The maximum Gasteiger partial charge on any atom is 0.128 e. The minimum atomic E-state index is -0.785. The summed E-state index contributed by atoms with van der Waals surface area (Å²) in [6.07, 6.45) is 3.11. The fourth-order valence-corrected chi connectivity index (χ4v) is 6.37. The van der Waals surface area contributed by atoms with Crippen LogP contribution in [0.2, 0.25) is 0 Å². The van der Waals surface area contributed by atoms with E-state index in [4.69, 9.17) is 4.98 Å². The van der Waals surface area contributed by atoms with Gasteiger partial charge in [-0.25, -0.2) is 0 Å². The first kappa shape index (κ1) is 26.9. The van der Waals surface area contributed by atoms with Gasteiger partial charge in [-0.05, 0) is 69.4 Å². The van der Waals surface area contributed by atoms with E-state index in [9.17, 15) is 5.11 Å².